The number of aromatic amines is 1. The number of aromatic nitrogens is 2. The van der Waals surface area contributed by atoms with Crippen LogP contribution in [0.3, 0.4) is 0 Å². The highest BCUT2D eigenvalue weighted by Gasteiger charge is 2.15. The molecule has 2 aromatic rings. The summed E-state index contributed by atoms with van der Waals surface area (Å²) < 4.78 is 5.39. The molecule has 0 aliphatic rings. The smallest absolute Gasteiger partial charge is 0.339 e. The van der Waals surface area contributed by atoms with Crippen LogP contribution in [0.1, 0.15) is 10.4 Å². The van der Waals surface area contributed by atoms with Crippen LogP contribution in [0.5, 0.6) is 11.6 Å². The average Bonchev–Trinajstić information content (AvgIpc) is 2.36. The summed E-state index contributed by atoms with van der Waals surface area (Å²) in [6.45, 7) is 0. The second-order valence-corrected chi connectivity index (χ2v) is 4.63. The molecule has 6 nitrogen and oxygen atoms in total. The van der Waals surface area contributed by atoms with Crippen LogP contribution in [0.2, 0.25) is 5.02 Å². The summed E-state index contributed by atoms with van der Waals surface area (Å²) in [5.74, 6) is -1.19. The van der Waals surface area contributed by atoms with Crippen molar-refractivity contribution in [3.8, 4) is 11.6 Å². The molecule has 0 aliphatic heterocycles. The lowest BCUT2D eigenvalue weighted by molar-refractivity contribution is 0.0694. The number of hydrogen-bond donors (Lipinski definition) is 2. The molecule has 1 aromatic carbocycles. The van der Waals surface area contributed by atoms with Crippen LogP contribution >= 0.6 is 27.5 Å². The SMILES string of the molecule is O=C(O)c1cc(Cl)ccc1Oc1nc[nH]c(=O)c1Br. The van der Waals surface area contributed by atoms with Gasteiger partial charge in [0.05, 0.1) is 6.33 Å². The molecule has 98 valence electrons. The lowest BCUT2D eigenvalue weighted by atomic mass is 10.2. The maximum Gasteiger partial charge on any atom is 0.339 e. The summed E-state index contributed by atoms with van der Waals surface area (Å²) in [4.78, 5) is 28.6. The van der Waals surface area contributed by atoms with Crippen molar-refractivity contribution in [3.63, 3.8) is 0 Å². The standard InChI is InChI=1S/C11H6BrClN2O4/c12-8-9(16)14-4-15-10(8)19-7-2-1-5(13)3-6(7)11(17)18/h1-4H,(H,17,18)(H,14,15,16). The highest BCUT2D eigenvalue weighted by atomic mass is 79.9. The Labute approximate surface area is 120 Å². The summed E-state index contributed by atoms with van der Waals surface area (Å²) in [5.41, 5.74) is -0.558. The number of hydrogen-bond acceptors (Lipinski definition) is 4. The predicted molar refractivity (Wildman–Crippen MR) is 71.0 cm³/mol. The van der Waals surface area contributed by atoms with Crippen LogP contribution in [0, 0.1) is 0 Å². The van der Waals surface area contributed by atoms with Gasteiger partial charge in [0, 0.05) is 5.02 Å². The number of carboxylic acids is 1. The Morgan fingerprint density at radius 3 is 2.89 bits per heavy atom. The van der Waals surface area contributed by atoms with Crippen molar-refractivity contribution in [2.75, 3.05) is 0 Å². The van der Waals surface area contributed by atoms with Gasteiger partial charge >= 0.3 is 5.97 Å². The Hall–Kier alpha value is -1.86. The number of ether oxygens (including phenoxy) is 1. The lowest BCUT2D eigenvalue weighted by Crippen LogP contribution is -2.09. The Kier molecular flexibility index (Phi) is 3.87. The van der Waals surface area contributed by atoms with Crippen LogP contribution in [0.25, 0.3) is 0 Å². The molecule has 2 rings (SSSR count). The van der Waals surface area contributed by atoms with E-state index in [1.54, 1.807) is 0 Å². The zero-order chi connectivity index (χ0) is 14.0. The van der Waals surface area contributed by atoms with E-state index in [0.717, 1.165) is 6.33 Å². The first kappa shape index (κ1) is 13.6. The Morgan fingerprint density at radius 1 is 1.47 bits per heavy atom. The van der Waals surface area contributed by atoms with Gasteiger partial charge in [0.2, 0.25) is 5.88 Å². The summed E-state index contributed by atoms with van der Waals surface area (Å²) in [5, 5.41) is 9.32. The third-order valence-electron chi connectivity index (χ3n) is 2.14. The molecule has 1 heterocycles. The van der Waals surface area contributed by atoms with Crippen LogP contribution in [-0.2, 0) is 0 Å². The number of benzene rings is 1. The highest BCUT2D eigenvalue weighted by Crippen LogP contribution is 2.29. The molecule has 2 N–H and O–H groups in total. The van der Waals surface area contributed by atoms with Crippen molar-refractivity contribution < 1.29 is 14.6 Å². The molecule has 0 unspecified atom stereocenters. The van der Waals surface area contributed by atoms with E-state index in [9.17, 15) is 9.59 Å². The molecule has 0 fully saturated rings. The van der Waals surface area contributed by atoms with Crippen molar-refractivity contribution >= 4 is 33.5 Å². The minimum absolute atomic E-state index is 0.0337. The third kappa shape index (κ3) is 2.94. The first-order valence-electron chi connectivity index (χ1n) is 4.93. The van der Waals surface area contributed by atoms with Gasteiger partial charge < -0.3 is 14.8 Å². The largest absolute Gasteiger partial charge is 0.478 e. The van der Waals surface area contributed by atoms with Crippen molar-refractivity contribution in [2.24, 2.45) is 0 Å². The quantitative estimate of drug-likeness (QED) is 0.892. The molecular weight excluding hydrogens is 339 g/mol. The summed E-state index contributed by atoms with van der Waals surface area (Å²) >= 11 is 8.73. The van der Waals surface area contributed by atoms with Crippen LogP contribution < -0.4 is 10.3 Å². The van der Waals surface area contributed by atoms with E-state index in [1.807, 2.05) is 0 Å². The van der Waals surface area contributed by atoms with Crippen molar-refractivity contribution in [1.29, 1.82) is 0 Å². The topological polar surface area (TPSA) is 92.3 Å². The second kappa shape index (κ2) is 5.41. The molecule has 0 saturated heterocycles. The maximum atomic E-state index is 11.3. The molecule has 0 saturated carbocycles. The van der Waals surface area contributed by atoms with Crippen molar-refractivity contribution in [2.45, 2.75) is 0 Å². The van der Waals surface area contributed by atoms with E-state index in [2.05, 4.69) is 25.9 Å². The van der Waals surface area contributed by atoms with Crippen LogP contribution in [0.4, 0.5) is 0 Å². The molecule has 1 aromatic heterocycles. The first-order chi connectivity index (χ1) is 8.99. The fraction of sp³-hybridized carbons (Fsp3) is 0. The summed E-state index contributed by atoms with van der Waals surface area (Å²) in [7, 11) is 0. The Balaban J connectivity index is 2.46. The molecule has 19 heavy (non-hydrogen) atoms. The maximum absolute atomic E-state index is 11.3. The summed E-state index contributed by atoms with van der Waals surface area (Å²) in [6.07, 6.45) is 1.15. The molecule has 0 spiro atoms. The van der Waals surface area contributed by atoms with E-state index >= 15 is 0 Å². The highest BCUT2D eigenvalue weighted by molar-refractivity contribution is 9.10. The van der Waals surface area contributed by atoms with E-state index in [1.165, 1.54) is 18.2 Å². The Bertz CT molecular complexity index is 701. The average molecular weight is 346 g/mol. The minimum Gasteiger partial charge on any atom is -0.478 e. The number of aromatic carboxylic acids is 1. The lowest BCUT2D eigenvalue weighted by Gasteiger charge is -2.08. The fourth-order valence-electron chi connectivity index (χ4n) is 1.30. The van der Waals surface area contributed by atoms with Gasteiger partial charge in [-0.05, 0) is 34.1 Å². The van der Waals surface area contributed by atoms with E-state index in [0.29, 0.717) is 0 Å². The number of carbonyl (C=O) groups is 1. The molecule has 0 bridgehead atoms. The number of H-pyrrole nitrogens is 1. The monoisotopic (exact) mass is 344 g/mol. The van der Waals surface area contributed by atoms with Gasteiger partial charge in [-0.2, -0.15) is 0 Å². The van der Waals surface area contributed by atoms with Gasteiger partial charge in [0.1, 0.15) is 15.8 Å². The molecule has 0 aliphatic carbocycles. The van der Waals surface area contributed by atoms with E-state index < -0.39 is 11.5 Å². The molecule has 0 amide bonds. The van der Waals surface area contributed by atoms with E-state index in [-0.39, 0.29) is 26.7 Å². The van der Waals surface area contributed by atoms with Gasteiger partial charge in [-0.3, -0.25) is 4.79 Å². The first-order valence-corrected chi connectivity index (χ1v) is 6.10. The normalized spacial score (nSPS) is 10.2. The number of carboxylic acid groups (broad SMARTS) is 1. The Morgan fingerprint density at radius 2 is 2.21 bits per heavy atom. The number of halogens is 2. The van der Waals surface area contributed by atoms with Gasteiger partial charge in [-0.15, -0.1) is 0 Å². The second-order valence-electron chi connectivity index (χ2n) is 3.40. The zero-order valence-electron chi connectivity index (χ0n) is 9.18. The van der Waals surface area contributed by atoms with Gasteiger partial charge in [0.25, 0.3) is 5.56 Å². The predicted octanol–water partition coefficient (Wildman–Crippen LogP) is 2.68. The van der Waals surface area contributed by atoms with Crippen LogP contribution in [-0.4, -0.2) is 21.0 Å². The molecular formula is C11H6BrClN2O4. The van der Waals surface area contributed by atoms with Gasteiger partial charge in [-0.1, -0.05) is 11.6 Å². The van der Waals surface area contributed by atoms with Gasteiger partial charge in [0.15, 0.2) is 0 Å². The van der Waals surface area contributed by atoms with Crippen LogP contribution in [0.15, 0.2) is 33.8 Å². The van der Waals surface area contributed by atoms with Crippen molar-refractivity contribution in [1.82, 2.24) is 9.97 Å². The van der Waals surface area contributed by atoms with Crippen molar-refractivity contribution in [3.05, 3.63) is 49.9 Å². The number of nitrogens with one attached hydrogen (secondary N) is 1. The molecule has 8 heteroatoms. The summed E-state index contributed by atoms with van der Waals surface area (Å²) in [6, 6.07) is 4.12. The number of nitrogens with zero attached hydrogens (tertiary/aromatic N) is 1. The number of rotatable bonds is 3. The minimum atomic E-state index is -1.20. The molecule has 0 radical (unpaired) electrons. The third-order valence-corrected chi connectivity index (χ3v) is 3.08. The molecule has 0 atom stereocenters. The fourth-order valence-corrected chi connectivity index (χ4v) is 1.77. The van der Waals surface area contributed by atoms with E-state index in [4.69, 9.17) is 21.4 Å². The van der Waals surface area contributed by atoms with Gasteiger partial charge in [-0.25, -0.2) is 9.78 Å². The zero-order valence-corrected chi connectivity index (χ0v) is 11.5.